The molecular formula is C40H20. The Labute approximate surface area is 228 Å². The molecule has 0 aliphatic rings. The molecule has 40 heavy (non-hydrogen) atoms. The fourth-order valence-electron chi connectivity index (χ4n) is 8.46. The summed E-state index contributed by atoms with van der Waals surface area (Å²) in [5.41, 5.74) is 0. The minimum atomic E-state index is 1.34. The standard InChI is InChI=1S/C40H20/c1-5-13-25-21(9-1)31-19-17-29-23-11-3-7-15-27(23)34-35-28-16-8-4-12-24(28)30-18-20-32-22-10-2-6-14-26(22)33(25)40(38(31)36(29)34)39(32)37(30)35/h1-20H. The van der Waals surface area contributed by atoms with E-state index in [9.17, 15) is 0 Å². The largest absolute Gasteiger partial charge is 0.0616 e. The van der Waals surface area contributed by atoms with Gasteiger partial charge in [-0.2, -0.15) is 0 Å². The molecule has 0 amide bonds. The van der Waals surface area contributed by atoms with Gasteiger partial charge in [0.05, 0.1) is 0 Å². The zero-order chi connectivity index (χ0) is 25.7. The molecule has 0 saturated heterocycles. The molecule has 0 atom stereocenters. The number of benzene rings is 8. The number of fused-ring (bicyclic) bond motifs is 13. The Morgan fingerprint density at radius 1 is 0.150 bits per heavy atom. The molecule has 11 aromatic carbocycles. The van der Waals surface area contributed by atoms with Crippen molar-refractivity contribution in [2.45, 2.75) is 0 Å². The summed E-state index contributed by atoms with van der Waals surface area (Å²) in [5.74, 6) is 0. The summed E-state index contributed by atoms with van der Waals surface area (Å²) >= 11 is 0. The molecule has 0 aliphatic heterocycles. The van der Waals surface area contributed by atoms with E-state index in [1.807, 2.05) is 0 Å². The van der Waals surface area contributed by atoms with E-state index in [4.69, 9.17) is 0 Å². The summed E-state index contributed by atoms with van der Waals surface area (Å²) in [7, 11) is 0. The van der Waals surface area contributed by atoms with Gasteiger partial charge in [-0.3, -0.25) is 0 Å². The maximum absolute atomic E-state index is 2.39. The molecule has 11 rings (SSSR count). The second-order valence-electron chi connectivity index (χ2n) is 11.5. The first-order valence-corrected chi connectivity index (χ1v) is 14.1. The highest BCUT2D eigenvalue weighted by Gasteiger charge is 2.26. The first kappa shape index (κ1) is 19.8. The van der Waals surface area contributed by atoms with Crippen LogP contribution in [0.4, 0.5) is 0 Å². The molecule has 0 radical (unpaired) electrons. The molecule has 0 aliphatic carbocycles. The van der Waals surface area contributed by atoms with Gasteiger partial charge in [-0.05, 0) is 108 Å². The van der Waals surface area contributed by atoms with Crippen LogP contribution in [0.1, 0.15) is 0 Å². The monoisotopic (exact) mass is 500 g/mol. The van der Waals surface area contributed by atoms with Crippen molar-refractivity contribution in [3.8, 4) is 0 Å². The SMILES string of the molecule is c1ccc2c(c1)c1ccc3c4ccccc4c4c5ccccc5c5ccc6c7ccccc7c7c2c1c3c4c5c67. The van der Waals surface area contributed by atoms with Gasteiger partial charge >= 0.3 is 0 Å². The second-order valence-corrected chi connectivity index (χ2v) is 11.5. The smallest absolute Gasteiger partial charge is 0.0000929 e. The van der Waals surface area contributed by atoms with Gasteiger partial charge in [-0.1, -0.05) is 121 Å². The van der Waals surface area contributed by atoms with Crippen molar-refractivity contribution in [1.29, 1.82) is 0 Å². The Morgan fingerprint density at radius 3 is 0.650 bits per heavy atom. The minimum absolute atomic E-state index is 1.34. The molecule has 0 saturated carbocycles. The van der Waals surface area contributed by atoms with Crippen molar-refractivity contribution in [3.05, 3.63) is 121 Å². The molecule has 0 bridgehead atoms. The highest BCUT2D eigenvalue weighted by atomic mass is 14.3. The van der Waals surface area contributed by atoms with Crippen molar-refractivity contribution < 1.29 is 0 Å². The van der Waals surface area contributed by atoms with Crippen molar-refractivity contribution in [3.63, 3.8) is 0 Å². The van der Waals surface area contributed by atoms with E-state index >= 15 is 0 Å². The van der Waals surface area contributed by atoms with Gasteiger partial charge in [-0.25, -0.2) is 0 Å². The number of rotatable bonds is 0. The minimum Gasteiger partial charge on any atom is -0.0616 e. The van der Waals surface area contributed by atoms with Gasteiger partial charge in [-0.15, -0.1) is 0 Å². The zero-order valence-corrected chi connectivity index (χ0v) is 21.5. The Balaban J connectivity index is 1.72. The zero-order valence-electron chi connectivity index (χ0n) is 21.5. The van der Waals surface area contributed by atoms with Crippen LogP contribution in [0.2, 0.25) is 0 Å². The van der Waals surface area contributed by atoms with Crippen LogP contribution in [0.5, 0.6) is 0 Å². The van der Waals surface area contributed by atoms with Crippen LogP contribution in [0.3, 0.4) is 0 Å². The summed E-state index contributed by atoms with van der Waals surface area (Å²) in [6.07, 6.45) is 0. The normalized spacial score (nSPS) is 13.0. The molecule has 0 heterocycles. The van der Waals surface area contributed by atoms with Crippen LogP contribution in [-0.2, 0) is 0 Å². The third kappa shape index (κ3) is 2.00. The molecular weight excluding hydrogens is 480 g/mol. The second kappa shape index (κ2) is 6.50. The summed E-state index contributed by atoms with van der Waals surface area (Å²) in [6.45, 7) is 0. The third-order valence-electron chi connectivity index (χ3n) is 9.86. The molecule has 0 N–H and O–H groups in total. The van der Waals surface area contributed by atoms with Gasteiger partial charge in [0.15, 0.2) is 0 Å². The van der Waals surface area contributed by atoms with Crippen LogP contribution in [-0.4, -0.2) is 0 Å². The predicted molar refractivity (Wildman–Crippen MR) is 175 cm³/mol. The van der Waals surface area contributed by atoms with E-state index in [2.05, 4.69) is 121 Å². The Morgan fingerprint density at radius 2 is 0.350 bits per heavy atom. The van der Waals surface area contributed by atoms with E-state index in [0.717, 1.165) is 0 Å². The Hall–Kier alpha value is -5.20. The Kier molecular flexibility index (Phi) is 3.22. The fraction of sp³-hybridized carbons (Fsp3) is 0. The van der Waals surface area contributed by atoms with Crippen LogP contribution in [0, 0.1) is 0 Å². The highest BCUT2D eigenvalue weighted by Crippen LogP contribution is 2.55. The molecule has 0 fully saturated rings. The fourth-order valence-corrected chi connectivity index (χ4v) is 8.46. The lowest BCUT2D eigenvalue weighted by atomic mass is 9.85. The highest BCUT2D eigenvalue weighted by molar-refractivity contribution is 6.55. The molecule has 11 aromatic rings. The summed E-state index contributed by atoms with van der Waals surface area (Å²) in [5, 5.41) is 27.5. The average Bonchev–Trinajstić information content (AvgIpc) is 3.48. The maximum atomic E-state index is 2.39. The van der Waals surface area contributed by atoms with Crippen molar-refractivity contribution >= 4 is 108 Å². The van der Waals surface area contributed by atoms with Crippen molar-refractivity contribution in [1.82, 2.24) is 0 Å². The third-order valence-corrected chi connectivity index (χ3v) is 9.86. The van der Waals surface area contributed by atoms with E-state index in [0.29, 0.717) is 0 Å². The van der Waals surface area contributed by atoms with Gasteiger partial charge in [0.2, 0.25) is 0 Å². The molecule has 0 aromatic heterocycles. The maximum Gasteiger partial charge on any atom is -0.0000929 e. The molecule has 180 valence electrons. The van der Waals surface area contributed by atoms with Gasteiger partial charge in [0.25, 0.3) is 0 Å². The van der Waals surface area contributed by atoms with E-state index in [1.165, 1.54) is 108 Å². The van der Waals surface area contributed by atoms with Crippen molar-refractivity contribution in [2.24, 2.45) is 0 Å². The molecule has 0 unspecified atom stereocenters. The number of hydrogen-bond donors (Lipinski definition) is 0. The van der Waals surface area contributed by atoms with E-state index < -0.39 is 0 Å². The summed E-state index contributed by atoms with van der Waals surface area (Å²) < 4.78 is 0. The lowest BCUT2D eigenvalue weighted by molar-refractivity contribution is 1.81. The van der Waals surface area contributed by atoms with E-state index in [1.54, 1.807) is 0 Å². The lowest BCUT2D eigenvalue weighted by Gasteiger charge is -2.17. The predicted octanol–water partition coefficient (Wildman–Crippen LogP) is 11.5. The van der Waals surface area contributed by atoms with Gasteiger partial charge in [0.1, 0.15) is 0 Å². The number of hydrogen-bond acceptors (Lipinski definition) is 0. The average molecular weight is 501 g/mol. The van der Waals surface area contributed by atoms with Crippen LogP contribution in [0.25, 0.3) is 108 Å². The lowest BCUT2D eigenvalue weighted by Crippen LogP contribution is -1.88. The van der Waals surface area contributed by atoms with Crippen molar-refractivity contribution in [2.75, 3.05) is 0 Å². The van der Waals surface area contributed by atoms with Gasteiger partial charge in [0, 0.05) is 0 Å². The Bertz CT molecular complexity index is 2660. The topological polar surface area (TPSA) is 0 Å². The van der Waals surface area contributed by atoms with Crippen LogP contribution < -0.4 is 0 Å². The molecule has 0 nitrogen and oxygen atoms in total. The first-order valence-electron chi connectivity index (χ1n) is 14.1. The molecule has 0 heteroatoms. The summed E-state index contributed by atoms with van der Waals surface area (Å²) in [6, 6.07) is 45.8. The van der Waals surface area contributed by atoms with Crippen LogP contribution in [0.15, 0.2) is 121 Å². The summed E-state index contributed by atoms with van der Waals surface area (Å²) in [4.78, 5) is 0. The van der Waals surface area contributed by atoms with Crippen LogP contribution >= 0.6 is 0 Å². The quantitative estimate of drug-likeness (QED) is 0.182. The first-order chi connectivity index (χ1) is 19.9. The van der Waals surface area contributed by atoms with E-state index in [-0.39, 0.29) is 0 Å². The van der Waals surface area contributed by atoms with Gasteiger partial charge < -0.3 is 0 Å². The molecule has 0 spiro atoms.